The molecule has 0 aliphatic carbocycles. The molecule has 0 aliphatic heterocycles. The number of carboxylic acid groups (broad SMARTS) is 1. The Morgan fingerprint density at radius 1 is 1.69 bits per heavy atom. The van der Waals surface area contributed by atoms with Crippen LogP contribution in [0, 0.1) is 6.92 Å². The maximum atomic E-state index is 11.2. The Morgan fingerprint density at radius 2 is 2.38 bits per heavy atom. The van der Waals surface area contributed by atoms with E-state index in [0.29, 0.717) is 4.88 Å². The number of carbonyl (C=O) groups is 2. The monoisotopic (exact) mass is 241 g/mol. The van der Waals surface area contributed by atoms with Gasteiger partial charge in [0.15, 0.2) is 0 Å². The molecule has 0 aromatic carbocycles. The van der Waals surface area contributed by atoms with Crippen LogP contribution in [0.3, 0.4) is 0 Å². The zero-order valence-corrected chi connectivity index (χ0v) is 9.47. The van der Waals surface area contributed by atoms with E-state index in [2.05, 4.69) is 11.9 Å². The largest absolute Gasteiger partial charge is 0.478 e. The van der Waals surface area contributed by atoms with Crippen LogP contribution in [0.1, 0.15) is 15.2 Å². The number of aromatic carboxylic acids is 1. The van der Waals surface area contributed by atoms with E-state index in [9.17, 15) is 9.59 Å². The molecule has 0 saturated carbocycles. The first kappa shape index (κ1) is 12.3. The zero-order chi connectivity index (χ0) is 12.1. The molecular weight excluding hydrogens is 230 g/mol. The summed E-state index contributed by atoms with van der Waals surface area (Å²) < 4.78 is 4.70. The number of thiophene rings is 1. The van der Waals surface area contributed by atoms with Crippen LogP contribution in [0.15, 0.2) is 18.0 Å². The van der Waals surface area contributed by atoms with Crippen LogP contribution in [0.25, 0.3) is 0 Å². The summed E-state index contributed by atoms with van der Waals surface area (Å²) in [4.78, 5) is 22.8. The van der Waals surface area contributed by atoms with Gasteiger partial charge in [-0.3, -0.25) is 5.32 Å². The van der Waals surface area contributed by atoms with Gasteiger partial charge in [-0.1, -0.05) is 12.7 Å². The lowest BCUT2D eigenvalue weighted by Gasteiger charge is -2.05. The van der Waals surface area contributed by atoms with Gasteiger partial charge in [0.1, 0.15) is 6.61 Å². The lowest BCUT2D eigenvalue weighted by molar-refractivity contribution is 0.0698. The molecule has 16 heavy (non-hydrogen) atoms. The van der Waals surface area contributed by atoms with Gasteiger partial charge in [0.25, 0.3) is 0 Å². The molecule has 0 bridgehead atoms. The van der Waals surface area contributed by atoms with Gasteiger partial charge < -0.3 is 9.84 Å². The first-order chi connectivity index (χ1) is 7.56. The van der Waals surface area contributed by atoms with Gasteiger partial charge >= 0.3 is 12.1 Å². The molecule has 0 unspecified atom stereocenters. The average molecular weight is 241 g/mol. The number of hydrogen-bond donors (Lipinski definition) is 2. The Kier molecular flexibility index (Phi) is 4.07. The fraction of sp³-hybridized carbons (Fsp3) is 0.200. The second kappa shape index (κ2) is 5.32. The SMILES string of the molecule is C=CCOC(=O)Nc1c(C(=O)O)csc1C. The van der Waals surface area contributed by atoms with Gasteiger partial charge in [-0.2, -0.15) is 0 Å². The second-order valence-corrected chi connectivity index (χ2v) is 3.98. The Labute approximate surface area is 96.4 Å². The van der Waals surface area contributed by atoms with E-state index in [1.165, 1.54) is 22.8 Å². The predicted molar refractivity (Wildman–Crippen MR) is 61.2 cm³/mol. The summed E-state index contributed by atoms with van der Waals surface area (Å²) in [7, 11) is 0. The first-order valence-electron chi connectivity index (χ1n) is 4.42. The van der Waals surface area contributed by atoms with Crippen molar-refractivity contribution >= 4 is 29.1 Å². The minimum absolute atomic E-state index is 0.0676. The van der Waals surface area contributed by atoms with Crippen LogP contribution in [-0.4, -0.2) is 23.8 Å². The number of aryl methyl sites for hydroxylation is 1. The number of rotatable bonds is 4. The molecule has 1 amide bonds. The van der Waals surface area contributed by atoms with Crippen molar-refractivity contribution in [3.8, 4) is 0 Å². The van der Waals surface area contributed by atoms with Crippen molar-refractivity contribution in [2.24, 2.45) is 0 Å². The van der Waals surface area contributed by atoms with Crippen molar-refractivity contribution in [2.75, 3.05) is 11.9 Å². The summed E-state index contributed by atoms with van der Waals surface area (Å²) in [5.74, 6) is -1.08. The molecule has 0 spiro atoms. The minimum atomic E-state index is -1.08. The number of hydrogen-bond acceptors (Lipinski definition) is 4. The fourth-order valence-electron chi connectivity index (χ4n) is 1.04. The molecule has 5 nitrogen and oxygen atoms in total. The van der Waals surface area contributed by atoms with Crippen molar-refractivity contribution in [3.63, 3.8) is 0 Å². The molecule has 0 radical (unpaired) electrons. The summed E-state index contributed by atoms with van der Waals surface area (Å²) in [6.45, 7) is 5.20. The highest BCUT2D eigenvalue weighted by atomic mass is 32.1. The van der Waals surface area contributed by atoms with Crippen molar-refractivity contribution in [1.29, 1.82) is 0 Å². The summed E-state index contributed by atoms with van der Waals surface area (Å²) in [5.41, 5.74) is 0.351. The maximum Gasteiger partial charge on any atom is 0.411 e. The Balaban J connectivity index is 2.79. The van der Waals surface area contributed by atoms with E-state index < -0.39 is 12.1 Å². The Morgan fingerprint density at radius 3 is 2.94 bits per heavy atom. The molecule has 1 aromatic rings. The van der Waals surface area contributed by atoms with E-state index in [-0.39, 0.29) is 17.9 Å². The average Bonchev–Trinajstić information content (AvgIpc) is 2.58. The third-order valence-corrected chi connectivity index (χ3v) is 2.68. The molecule has 0 aliphatic rings. The zero-order valence-electron chi connectivity index (χ0n) is 8.65. The summed E-state index contributed by atoms with van der Waals surface area (Å²) in [6, 6.07) is 0. The topological polar surface area (TPSA) is 75.6 Å². The normalized spacial score (nSPS) is 9.56. The molecule has 0 saturated heterocycles. The van der Waals surface area contributed by atoms with E-state index in [1.807, 2.05) is 0 Å². The first-order valence-corrected chi connectivity index (χ1v) is 5.30. The van der Waals surface area contributed by atoms with Gasteiger partial charge in [-0.05, 0) is 6.92 Å². The van der Waals surface area contributed by atoms with E-state index in [1.54, 1.807) is 6.92 Å². The quantitative estimate of drug-likeness (QED) is 0.794. The van der Waals surface area contributed by atoms with Crippen molar-refractivity contribution < 1.29 is 19.4 Å². The third kappa shape index (κ3) is 2.83. The van der Waals surface area contributed by atoms with Gasteiger partial charge in [0, 0.05) is 10.3 Å². The number of ether oxygens (including phenoxy) is 1. The highest BCUT2D eigenvalue weighted by molar-refractivity contribution is 7.10. The lowest BCUT2D eigenvalue weighted by Crippen LogP contribution is -2.15. The Bertz CT molecular complexity index is 424. The van der Waals surface area contributed by atoms with Crippen LogP contribution in [0.2, 0.25) is 0 Å². The van der Waals surface area contributed by atoms with Gasteiger partial charge in [-0.15, -0.1) is 11.3 Å². The summed E-state index contributed by atoms with van der Waals surface area (Å²) in [5, 5.41) is 12.7. The number of carboxylic acids is 1. The summed E-state index contributed by atoms with van der Waals surface area (Å²) >= 11 is 1.25. The van der Waals surface area contributed by atoms with E-state index in [0.717, 1.165) is 0 Å². The number of anilines is 1. The van der Waals surface area contributed by atoms with Crippen molar-refractivity contribution in [3.05, 3.63) is 28.5 Å². The Hall–Kier alpha value is -1.82. The highest BCUT2D eigenvalue weighted by Gasteiger charge is 2.17. The molecule has 6 heteroatoms. The molecule has 1 heterocycles. The van der Waals surface area contributed by atoms with Crippen LogP contribution < -0.4 is 5.32 Å². The number of amides is 1. The highest BCUT2D eigenvalue weighted by Crippen LogP contribution is 2.27. The third-order valence-electron chi connectivity index (χ3n) is 1.76. The van der Waals surface area contributed by atoms with Gasteiger partial charge in [0.05, 0.1) is 11.3 Å². The van der Waals surface area contributed by atoms with Gasteiger partial charge in [0.2, 0.25) is 0 Å². The fourth-order valence-corrected chi connectivity index (χ4v) is 1.83. The molecule has 2 N–H and O–H groups in total. The van der Waals surface area contributed by atoms with Crippen LogP contribution in [0.5, 0.6) is 0 Å². The molecule has 0 atom stereocenters. The smallest absolute Gasteiger partial charge is 0.411 e. The minimum Gasteiger partial charge on any atom is -0.478 e. The number of nitrogens with one attached hydrogen (secondary N) is 1. The maximum absolute atomic E-state index is 11.2. The molecule has 86 valence electrons. The van der Waals surface area contributed by atoms with Crippen LogP contribution in [-0.2, 0) is 4.74 Å². The van der Waals surface area contributed by atoms with Crippen LogP contribution in [0.4, 0.5) is 10.5 Å². The number of carbonyl (C=O) groups excluding carboxylic acids is 1. The molecular formula is C10H11NO4S. The second-order valence-electron chi connectivity index (χ2n) is 2.90. The van der Waals surface area contributed by atoms with E-state index >= 15 is 0 Å². The van der Waals surface area contributed by atoms with Crippen molar-refractivity contribution in [2.45, 2.75) is 6.92 Å². The van der Waals surface area contributed by atoms with Gasteiger partial charge in [-0.25, -0.2) is 9.59 Å². The molecule has 0 fully saturated rings. The van der Waals surface area contributed by atoms with Crippen molar-refractivity contribution in [1.82, 2.24) is 0 Å². The summed E-state index contributed by atoms with van der Waals surface area (Å²) in [6.07, 6.45) is 0.738. The van der Waals surface area contributed by atoms with Crippen LogP contribution >= 0.6 is 11.3 Å². The molecule has 1 rings (SSSR count). The lowest BCUT2D eigenvalue weighted by atomic mass is 10.2. The van der Waals surface area contributed by atoms with E-state index in [4.69, 9.17) is 9.84 Å². The predicted octanol–water partition coefficient (Wildman–Crippen LogP) is 2.49. The molecule has 1 aromatic heterocycles. The standard InChI is InChI=1S/C10H11NO4S/c1-3-4-15-10(14)11-8-6(2)16-5-7(8)9(12)13/h3,5H,1,4H2,2H3,(H,11,14)(H,12,13).